The minimum Gasteiger partial charge on any atom is -0.494 e. The zero-order valence-corrected chi connectivity index (χ0v) is 17.2. The maximum Gasteiger partial charge on any atom is 0.573 e. The zero-order chi connectivity index (χ0) is 23.3. The minimum atomic E-state index is -4.92. The predicted molar refractivity (Wildman–Crippen MR) is 112 cm³/mol. The van der Waals surface area contributed by atoms with Crippen LogP contribution in [-0.4, -0.2) is 28.7 Å². The molecule has 1 heterocycles. The van der Waals surface area contributed by atoms with E-state index >= 15 is 0 Å². The molecule has 3 rings (SSSR count). The first-order valence-electron chi connectivity index (χ1n) is 9.66. The maximum atomic E-state index is 12.7. The Morgan fingerprint density at radius 3 is 2.44 bits per heavy atom. The first-order chi connectivity index (χ1) is 15.2. The Morgan fingerprint density at radius 1 is 1.09 bits per heavy atom. The number of rotatable bonds is 7. The molecule has 1 aromatic heterocycles. The monoisotopic (exact) mass is 447 g/mol. The number of para-hydroxylation sites is 2. The number of anilines is 1. The van der Waals surface area contributed by atoms with Crippen molar-refractivity contribution in [3.63, 3.8) is 0 Å². The molecular weight excluding hydrogens is 427 g/mol. The number of hydrogen-bond donors (Lipinski definition) is 1. The fourth-order valence-corrected chi connectivity index (χ4v) is 2.88. The Kier molecular flexibility index (Phi) is 6.82. The molecular formula is C22H20F3N3O4. The molecule has 0 fully saturated rings. The number of benzene rings is 2. The van der Waals surface area contributed by atoms with Gasteiger partial charge in [0.05, 0.1) is 18.0 Å². The molecule has 32 heavy (non-hydrogen) atoms. The number of nitrogens with zero attached hydrogens (tertiary/aromatic N) is 2. The number of amides is 1. The van der Waals surface area contributed by atoms with E-state index in [1.165, 1.54) is 37.3 Å². The van der Waals surface area contributed by atoms with Crippen molar-refractivity contribution in [1.82, 2.24) is 9.78 Å². The highest BCUT2D eigenvalue weighted by Gasteiger charge is 2.32. The average molecular weight is 447 g/mol. The van der Waals surface area contributed by atoms with Crippen molar-refractivity contribution in [2.24, 2.45) is 0 Å². The second-order valence-corrected chi connectivity index (χ2v) is 6.67. The van der Waals surface area contributed by atoms with E-state index in [1.54, 1.807) is 24.3 Å². The summed E-state index contributed by atoms with van der Waals surface area (Å²) in [5.74, 6) is -0.622. The molecule has 0 spiro atoms. The lowest BCUT2D eigenvalue weighted by molar-refractivity contribution is -0.274. The summed E-state index contributed by atoms with van der Waals surface area (Å²) in [4.78, 5) is 25.0. The molecule has 0 saturated heterocycles. The number of halogens is 3. The maximum absolute atomic E-state index is 12.7. The van der Waals surface area contributed by atoms with E-state index in [0.29, 0.717) is 23.6 Å². The highest BCUT2D eigenvalue weighted by atomic mass is 19.4. The fraction of sp³-hybridized carbons (Fsp3) is 0.227. The molecule has 1 amide bonds. The molecule has 3 aromatic rings. The molecule has 7 nitrogen and oxygen atoms in total. The van der Waals surface area contributed by atoms with Crippen LogP contribution < -0.4 is 20.3 Å². The predicted octanol–water partition coefficient (Wildman–Crippen LogP) is 4.41. The SMILES string of the molecule is CCOc1ccc(-c2ccc(=O)n(C(C)C(=O)Nc3ccccc3OC(F)(F)F)n2)cc1. The van der Waals surface area contributed by atoms with E-state index in [2.05, 4.69) is 15.2 Å². The van der Waals surface area contributed by atoms with Gasteiger partial charge in [-0.25, -0.2) is 4.68 Å². The van der Waals surface area contributed by atoms with Crippen molar-refractivity contribution in [3.8, 4) is 22.8 Å². The number of hydrogen-bond acceptors (Lipinski definition) is 5. The van der Waals surface area contributed by atoms with Crippen molar-refractivity contribution < 1.29 is 27.4 Å². The number of alkyl halides is 3. The van der Waals surface area contributed by atoms with Crippen LogP contribution >= 0.6 is 0 Å². The van der Waals surface area contributed by atoms with Crippen molar-refractivity contribution in [1.29, 1.82) is 0 Å². The van der Waals surface area contributed by atoms with Crippen LogP contribution in [0.2, 0.25) is 0 Å². The van der Waals surface area contributed by atoms with E-state index in [0.717, 1.165) is 10.7 Å². The van der Waals surface area contributed by atoms with Gasteiger partial charge in [0.15, 0.2) is 5.75 Å². The van der Waals surface area contributed by atoms with Gasteiger partial charge in [0, 0.05) is 11.6 Å². The summed E-state index contributed by atoms with van der Waals surface area (Å²) in [6, 6.07) is 13.8. The number of ether oxygens (including phenoxy) is 2. The van der Waals surface area contributed by atoms with Gasteiger partial charge in [-0.15, -0.1) is 13.2 Å². The smallest absolute Gasteiger partial charge is 0.494 e. The summed E-state index contributed by atoms with van der Waals surface area (Å²) in [7, 11) is 0. The molecule has 168 valence electrons. The second-order valence-electron chi connectivity index (χ2n) is 6.67. The lowest BCUT2D eigenvalue weighted by Crippen LogP contribution is -2.33. The summed E-state index contributed by atoms with van der Waals surface area (Å²) in [6.45, 7) is 3.80. The van der Waals surface area contributed by atoms with E-state index in [1.807, 2.05) is 6.92 Å². The molecule has 0 radical (unpaired) electrons. The molecule has 10 heteroatoms. The van der Waals surface area contributed by atoms with Gasteiger partial charge < -0.3 is 14.8 Å². The molecule has 1 N–H and O–H groups in total. The Balaban J connectivity index is 1.83. The van der Waals surface area contributed by atoms with Crippen LogP contribution in [0.3, 0.4) is 0 Å². The Bertz CT molecular complexity index is 1140. The number of aromatic nitrogens is 2. The quantitative estimate of drug-likeness (QED) is 0.580. The van der Waals surface area contributed by atoms with E-state index in [4.69, 9.17) is 4.74 Å². The third-order valence-corrected chi connectivity index (χ3v) is 4.40. The minimum absolute atomic E-state index is 0.183. The van der Waals surface area contributed by atoms with Gasteiger partial charge in [-0.2, -0.15) is 5.10 Å². The van der Waals surface area contributed by atoms with E-state index in [-0.39, 0.29) is 5.69 Å². The normalized spacial score (nSPS) is 12.2. The molecule has 0 saturated carbocycles. The van der Waals surface area contributed by atoms with Crippen molar-refractivity contribution >= 4 is 11.6 Å². The highest BCUT2D eigenvalue weighted by Crippen LogP contribution is 2.30. The summed E-state index contributed by atoms with van der Waals surface area (Å²) < 4.78 is 48.1. The van der Waals surface area contributed by atoms with Crippen LogP contribution in [0.1, 0.15) is 19.9 Å². The molecule has 0 aliphatic carbocycles. The first kappa shape index (κ1) is 22.9. The lowest BCUT2D eigenvalue weighted by Gasteiger charge is -2.17. The second kappa shape index (κ2) is 9.54. The van der Waals surface area contributed by atoms with Crippen LogP contribution in [0.15, 0.2) is 65.5 Å². The standard InChI is InChI=1S/C22H20F3N3O4/c1-3-31-16-10-8-15(9-11-16)17-12-13-20(29)28(27-17)14(2)21(30)26-18-6-4-5-7-19(18)32-22(23,24)25/h4-14H,3H2,1-2H3,(H,26,30). The summed E-state index contributed by atoms with van der Waals surface area (Å²) in [6.07, 6.45) is -4.92. The van der Waals surface area contributed by atoms with Crippen LogP contribution in [0.5, 0.6) is 11.5 Å². The highest BCUT2D eigenvalue weighted by molar-refractivity contribution is 5.94. The van der Waals surface area contributed by atoms with Gasteiger partial charge in [0.2, 0.25) is 5.91 Å². The number of carbonyl (C=O) groups is 1. The van der Waals surface area contributed by atoms with E-state index < -0.39 is 29.6 Å². The van der Waals surface area contributed by atoms with Crippen molar-refractivity contribution in [2.45, 2.75) is 26.3 Å². The molecule has 0 aliphatic heterocycles. The summed E-state index contributed by atoms with van der Waals surface area (Å²) in [5.41, 5.74) is 0.409. The van der Waals surface area contributed by atoms with Gasteiger partial charge >= 0.3 is 6.36 Å². The van der Waals surface area contributed by atoms with Gasteiger partial charge in [0.1, 0.15) is 11.8 Å². The summed E-state index contributed by atoms with van der Waals surface area (Å²) >= 11 is 0. The lowest BCUT2D eigenvalue weighted by atomic mass is 10.1. The Morgan fingerprint density at radius 2 is 1.78 bits per heavy atom. The topological polar surface area (TPSA) is 82.5 Å². The van der Waals surface area contributed by atoms with Crippen LogP contribution in [-0.2, 0) is 4.79 Å². The van der Waals surface area contributed by atoms with Crippen molar-refractivity contribution in [3.05, 3.63) is 71.0 Å². The Hall–Kier alpha value is -3.82. The summed E-state index contributed by atoms with van der Waals surface area (Å²) in [5, 5.41) is 6.61. The van der Waals surface area contributed by atoms with Gasteiger partial charge in [-0.1, -0.05) is 12.1 Å². The molecule has 1 unspecified atom stereocenters. The average Bonchev–Trinajstić information content (AvgIpc) is 2.75. The van der Waals surface area contributed by atoms with Gasteiger partial charge in [-0.3, -0.25) is 9.59 Å². The number of carbonyl (C=O) groups excluding carboxylic acids is 1. The van der Waals surface area contributed by atoms with Crippen LogP contribution in [0, 0.1) is 0 Å². The fourth-order valence-electron chi connectivity index (χ4n) is 2.88. The third-order valence-electron chi connectivity index (χ3n) is 4.40. The van der Waals surface area contributed by atoms with Gasteiger partial charge in [0.25, 0.3) is 5.56 Å². The number of nitrogens with one attached hydrogen (secondary N) is 1. The molecule has 2 aromatic carbocycles. The zero-order valence-electron chi connectivity index (χ0n) is 17.2. The molecule has 1 atom stereocenters. The van der Waals surface area contributed by atoms with Crippen LogP contribution in [0.4, 0.5) is 18.9 Å². The van der Waals surface area contributed by atoms with Gasteiger partial charge in [-0.05, 0) is 56.3 Å². The Labute approximate surface area is 181 Å². The molecule has 0 aliphatic rings. The molecule has 0 bridgehead atoms. The largest absolute Gasteiger partial charge is 0.573 e. The van der Waals surface area contributed by atoms with Crippen molar-refractivity contribution in [2.75, 3.05) is 11.9 Å². The van der Waals surface area contributed by atoms with Crippen LogP contribution in [0.25, 0.3) is 11.3 Å². The third kappa shape index (κ3) is 5.65. The first-order valence-corrected chi connectivity index (χ1v) is 9.66. The van der Waals surface area contributed by atoms with E-state index in [9.17, 15) is 22.8 Å².